The molecule has 0 radical (unpaired) electrons. The van der Waals surface area contributed by atoms with E-state index < -0.39 is 0 Å². The lowest BCUT2D eigenvalue weighted by Gasteiger charge is -2.33. The van der Waals surface area contributed by atoms with Gasteiger partial charge in [0.2, 0.25) is 11.9 Å². The fourth-order valence-electron chi connectivity index (χ4n) is 3.25. The zero-order valence-electron chi connectivity index (χ0n) is 14.9. The summed E-state index contributed by atoms with van der Waals surface area (Å²) in [6.45, 7) is 6.11. The van der Waals surface area contributed by atoms with Crippen molar-refractivity contribution in [2.45, 2.75) is 45.6 Å². The van der Waals surface area contributed by atoms with Gasteiger partial charge in [-0.15, -0.1) is 0 Å². The van der Waals surface area contributed by atoms with Crippen molar-refractivity contribution in [2.75, 3.05) is 25.0 Å². The summed E-state index contributed by atoms with van der Waals surface area (Å²) in [5.74, 6) is 2.51. The molecule has 0 unspecified atom stereocenters. The predicted octanol–water partition coefficient (Wildman–Crippen LogP) is 1.74. The summed E-state index contributed by atoms with van der Waals surface area (Å²) >= 11 is 0. The van der Waals surface area contributed by atoms with Gasteiger partial charge in [0, 0.05) is 38.4 Å². The Balaban J connectivity index is 1.46. The molecule has 2 aromatic heterocycles. The largest absolute Gasteiger partial charge is 0.354 e. The summed E-state index contributed by atoms with van der Waals surface area (Å²) < 4.78 is 1.98. The number of amides is 1. The molecule has 8 nitrogen and oxygen atoms in total. The number of anilines is 1. The molecule has 1 amide bonds. The first kappa shape index (κ1) is 17.3. The van der Waals surface area contributed by atoms with Gasteiger partial charge in [0.25, 0.3) is 0 Å². The van der Waals surface area contributed by atoms with Crippen molar-refractivity contribution in [3.63, 3.8) is 0 Å². The van der Waals surface area contributed by atoms with Crippen molar-refractivity contribution in [1.82, 2.24) is 29.6 Å². The summed E-state index contributed by atoms with van der Waals surface area (Å²) in [6, 6.07) is 2.01. The van der Waals surface area contributed by atoms with Crippen LogP contribution in [-0.4, -0.2) is 55.2 Å². The van der Waals surface area contributed by atoms with Crippen molar-refractivity contribution in [3.8, 4) is 0 Å². The number of aryl methyl sites for hydroxylation is 2. The number of aromatic nitrogens is 5. The van der Waals surface area contributed by atoms with Crippen molar-refractivity contribution in [2.24, 2.45) is 0 Å². The average molecular weight is 343 g/mol. The van der Waals surface area contributed by atoms with Crippen molar-refractivity contribution in [1.29, 1.82) is 0 Å². The number of hydrogen-bond acceptors (Lipinski definition) is 6. The number of carbonyl (C=O) groups excluding carboxylic acids is 1. The van der Waals surface area contributed by atoms with E-state index in [1.165, 1.54) is 0 Å². The van der Waals surface area contributed by atoms with E-state index in [9.17, 15) is 4.79 Å². The topological polar surface area (TPSA) is 88.8 Å². The minimum Gasteiger partial charge on any atom is -0.354 e. The second-order valence-electron chi connectivity index (χ2n) is 6.39. The van der Waals surface area contributed by atoms with Crippen LogP contribution in [0.4, 0.5) is 5.95 Å². The van der Waals surface area contributed by atoms with Gasteiger partial charge < -0.3 is 10.2 Å². The van der Waals surface area contributed by atoms with Gasteiger partial charge in [-0.05, 0) is 39.2 Å². The molecule has 1 fully saturated rings. The molecule has 0 aliphatic carbocycles. The third-order valence-electron chi connectivity index (χ3n) is 4.42. The molecule has 1 N–H and O–H groups in total. The van der Waals surface area contributed by atoms with Crippen LogP contribution >= 0.6 is 0 Å². The van der Waals surface area contributed by atoms with Gasteiger partial charge in [-0.2, -0.15) is 5.10 Å². The lowest BCUT2D eigenvalue weighted by atomic mass is 10.1. The summed E-state index contributed by atoms with van der Waals surface area (Å²) in [7, 11) is 0. The third-order valence-corrected chi connectivity index (χ3v) is 4.42. The summed E-state index contributed by atoms with van der Waals surface area (Å²) in [4.78, 5) is 27.0. The monoisotopic (exact) mass is 343 g/mol. The minimum atomic E-state index is 0.204. The molecule has 0 aromatic carbocycles. The summed E-state index contributed by atoms with van der Waals surface area (Å²) in [5.41, 5.74) is 0. The molecule has 1 saturated heterocycles. The van der Waals surface area contributed by atoms with Crippen LogP contribution in [0, 0.1) is 13.8 Å². The zero-order chi connectivity index (χ0) is 17.6. The van der Waals surface area contributed by atoms with Gasteiger partial charge in [-0.1, -0.05) is 0 Å². The van der Waals surface area contributed by atoms with Crippen molar-refractivity contribution >= 4 is 11.9 Å². The lowest BCUT2D eigenvalue weighted by molar-refractivity contribution is -0.133. The molecule has 0 bridgehead atoms. The first-order valence-electron chi connectivity index (χ1n) is 8.82. The van der Waals surface area contributed by atoms with Gasteiger partial charge in [-0.3, -0.25) is 4.79 Å². The van der Waals surface area contributed by atoms with Crippen LogP contribution in [0.25, 0.3) is 0 Å². The number of rotatable bonds is 6. The van der Waals surface area contributed by atoms with Crippen molar-refractivity contribution in [3.05, 3.63) is 30.1 Å². The SMILES string of the molecule is Cc1nc(C)n([C@H]2CCCN(C(=O)CCCNc3ncccn3)C2)n1. The molecular formula is C17H25N7O. The fraction of sp³-hybridized carbons (Fsp3) is 0.588. The lowest BCUT2D eigenvalue weighted by Crippen LogP contribution is -2.41. The Hall–Kier alpha value is -2.51. The second-order valence-corrected chi connectivity index (χ2v) is 6.39. The van der Waals surface area contributed by atoms with E-state index in [0.29, 0.717) is 18.9 Å². The number of nitrogens with zero attached hydrogens (tertiary/aromatic N) is 6. The van der Waals surface area contributed by atoms with Crippen molar-refractivity contribution < 1.29 is 4.79 Å². The quantitative estimate of drug-likeness (QED) is 0.804. The molecular weight excluding hydrogens is 318 g/mol. The number of nitrogens with one attached hydrogen (secondary N) is 1. The second kappa shape index (κ2) is 8.04. The van der Waals surface area contributed by atoms with E-state index in [0.717, 1.165) is 44.0 Å². The Kier molecular flexibility index (Phi) is 5.57. The highest BCUT2D eigenvalue weighted by Crippen LogP contribution is 2.22. The van der Waals surface area contributed by atoms with Crippen LogP contribution in [0.1, 0.15) is 43.4 Å². The number of likely N-dealkylation sites (tertiary alicyclic amines) is 1. The highest BCUT2D eigenvalue weighted by atomic mass is 16.2. The molecule has 3 rings (SSSR count). The van der Waals surface area contributed by atoms with Crippen LogP contribution < -0.4 is 5.32 Å². The van der Waals surface area contributed by atoms with E-state index in [4.69, 9.17) is 0 Å². The van der Waals surface area contributed by atoms with Gasteiger partial charge in [0.15, 0.2) is 0 Å². The Labute approximate surface area is 147 Å². The van der Waals surface area contributed by atoms with E-state index in [2.05, 4.69) is 25.4 Å². The van der Waals surface area contributed by atoms with E-state index >= 15 is 0 Å². The summed E-state index contributed by atoms with van der Waals surface area (Å²) in [5, 5.41) is 7.61. The first-order valence-corrected chi connectivity index (χ1v) is 8.82. The Morgan fingerprint density at radius 3 is 2.84 bits per heavy atom. The van der Waals surface area contributed by atoms with E-state index in [1.54, 1.807) is 18.5 Å². The zero-order valence-corrected chi connectivity index (χ0v) is 14.9. The maximum Gasteiger partial charge on any atom is 0.222 e. The van der Waals surface area contributed by atoms with E-state index in [-0.39, 0.29) is 11.9 Å². The molecule has 25 heavy (non-hydrogen) atoms. The van der Waals surface area contributed by atoms with Gasteiger partial charge in [0.05, 0.1) is 6.04 Å². The number of hydrogen-bond donors (Lipinski definition) is 1. The predicted molar refractivity (Wildman–Crippen MR) is 94.1 cm³/mol. The van der Waals surface area contributed by atoms with Crippen LogP contribution in [0.2, 0.25) is 0 Å². The van der Waals surface area contributed by atoms with Gasteiger partial charge in [-0.25, -0.2) is 19.6 Å². The Bertz CT molecular complexity index is 700. The highest BCUT2D eigenvalue weighted by molar-refractivity contribution is 5.76. The van der Waals surface area contributed by atoms with Crippen LogP contribution in [0.5, 0.6) is 0 Å². The maximum absolute atomic E-state index is 12.5. The smallest absolute Gasteiger partial charge is 0.222 e. The Morgan fingerprint density at radius 1 is 1.32 bits per heavy atom. The molecule has 3 heterocycles. The molecule has 1 aliphatic heterocycles. The van der Waals surface area contributed by atoms with E-state index in [1.807, 2.05) is 23.4 Å². The third kappa shape index (κ3) is 4.52. The maximum atomic E-state index is 12.5. The highest BCUT2D eigenvalue weighted by Gasteiger charge is 2.26. The number of carbonyl (C=O) groups is 1. The molecule has 134 valence electrons. The summed E-state index contributed by atoms with van der Waals surface area (Å²) in [6.07, 6.45) is 6.73. The van der Waals surface area contributed by atoms with Crippen LogP contribution in [0.15, 0.2) is 18.5 Å². The van der Waals surface area contributed by atoms with Gasteiger partial charge in [0.1, 0.15) is 11.6 Å². The molecule has 2 aromatic rings. The normalized spacial score (nSPS) is 17.5. The minimum absolute atomic E-state index is 0.204. The average Bonchev–Trinajstić information content (AvgIpc) is 2.98. The van der Waals surface area contributed by atoms with Crippen LogP contribution in [0.3, 0.4) is 0 Å². The van der Waals surface area contributed by atoms with Crippen LogP contribution in [-0.2, 0) is 4.79 Å². The van der Waals surface area contributed by atoms with Gasteiger partial charge >= 0.3 is 0 Å². The first-order chi connectivity index (χ1) is 12.1. The fourth-order valence-corrected chi connectivity index (χ4v) is 3.25. The molecule has 0 saturated carbocycles. The standard InChI is InChI=1S/C17H25N7O/c1-13-21-14(2)24(22-13)15-6-4-11-23(12-15)16(25)7-3-8-18-17-19-9-5-10-20-17/h5,9-10,15H,3-4,6-8,11-12H2,1-2H3,(H,18,19,20)/t15-/m0/s1. The molecule has 1 atom stereocenters. The number of piperidine rings is 1. The molecule has 8 heteroatoms. The molecule has 0 spiro atoms. The Morgan fingerprint density at radius 2 is 2.12 bits per heavy atom. The molecule has 1 aliphatic rings.